The van der Waals surface area contributed by atoms with Gasteiger partial charge >= 0.3 is 5.97 Å². The van der Waals surface area contributed by atoms with Crippen LogP contribution < -0.4 is 4.90 Å². The van der Waals surface area contributed by atoms with Crippen molar-refractivity contribution >= 4 is 22.4 Å². The number of hydrogen-bond acceptors (Lipinski definition) is 4. The molecule has 5 heteroatoms. The molecule has 18 heavy (non-hydrogen) atoms. The molecule has 2 rings (SSSR count). The summed E-state index contributed by atoms with van der Waals surface area (Å²) in [5.74, 6) is -0.0810. The lowest BCUT2D eigenvalue weighted by molar-refractivity contribution is 0.0701. The maximum Gasteiger partial charge on any atom is 0.347 e. The highest BCUT2D eigenvalue weighted by molar-refractivity contribution is 7.17. The van der Waals surface area contributed by atoms with E-state index in [4.69, 9.17) is 5.11 Å². The lowest BCUT2D eigenvalue weighted by Crippen LogP contribution is -2.32. The summed E-state index contributed by atoms with van der Waals surface area (Å²) in [6.07, 6.45) is 4.61. The molecule has 1 aliphatic rings. The Morgan fingerprint density at radius 2 is 2.22 bits per heavy atom. The third kappa shape index (κ3) is 2.66. The molecule has 0 bridgehead atoms. The highest BCUT2D eigenvalue weighted by Crippen LogP contribution is 2.32. The van der Waals surface area contributed by atoms with Gasteiger partial charge in [-0.05, 0) is 32.1 Å². The fourth-order valence-corrected chi connectivity index (χ4v) is 3.28. The Hall–Kier alpha value is -1.10. The Balaban J connectivity index is 2.16. The molecule has 0 unspecified atom stereocenters. The predicted molar refractivity (Wildman–Crippen MR) is 73.7 cm³/mol. The minimum atomic E-state index is -0.852. The van der Waals surface area contributed by atoms with Gasteiger partial charge in [-0.2, -0.15) is 0 Å². The van der Waals surface area contributed by atoms with Crippen molar-refractivity contribution in [1.29, 1.82) is 0 Å². The van der Waals surface area contributed by atoms with E-state index in [1.807, 2.05) is 6.92 Å². The zero-order valence-corrected chi connectivity index (χ0v) is 11.8. The number of nitrogens with zero attached hydrogens (tertiary/aromatic N) is 2. The Morgan fingerprint density at radius 3 is 2.61 bits per heavy atom. The van der Waals surface area contributed by atoms with Gasteiger partial charge in [-0.15, -0.1) is 0 Å². The number of thiazole rings is 1. The van der Waals surface area contributed by atoms with Gasteiger partial charge in [0.2, 0.25) is 0 Å². The van der Waals surface area contributed by atoms with Gasteiger partial charge in [-0.1, -0.05) is 24.7 Å². The van der Waals surface area contributed by atoms with E-state index in [0.717, 1.165) is 29.8 Å². The van der Waals surface area contributed by atoms with E-state index in [2.05, 4.69) is 16.8 Å². The molecule has 1 heterocycles. The second-order valence-corrected chi connectivity index (χ2v) is 5.74. The van der Waals surface area contributed by atoms with Crippen molar-refractivity contribution in [3.63, 3.8) is 0 Å². The summed E-state index contributed by atoms with van der Waals surface area (Å²) in [5, 5.41) is 10.0. The summed E-state index contributed by atoms with van der Waals surface area (Å²) < 4.78 is 0. The first kappa shape index (κ1) is 13.3. The molecule has 0 atom stereocenters. The van der Waals surface area contributed by atoms with Gasteiger partial charge < -0.3 is 10.0 Å². The number of anilines is 1. The number of carboxylic acids is 1. The van der Waals surface area contributed by atoms with Gasteiger partial charge in [0.1, 0.15) is 4.88 Å². The highest BCUT2D eigenvalue weighted by atomic mass is 32.1. The van der Waals surface area contributed by atoms with Crippen molar-refractivity contribution in [3.8, 4) is 0 Å². The van der Waals surface area contributed by atoms with Crippen molar-refractivity contribution in [3.05, 3.63) is 10.6 Å². The lowest BCUT2D eigenvalue weighted by Gasteiger charge is -2.31. The van der Waals surface area contributed by atoms with Crippen LogP contribution in [0.3, 0.4) is 0 Å². The van der Waals surface area contributed by atoms with Crippen LogP contribution in [0.2, 0.25) is 0 Å². The topological polar surface area (TPSA) is 53.4 Å². The second kappa shape index (κ2) is 5.69. The summed E-state index contributed by atoms with van der Waals surface area (Å²) in [5.41, 5.74) is 0.717. The van der Waals surface area contributed by atoms with Crippen molar-refractivity contribution in [2.45, 2.75) is 39.5 Å². The maximum atomic E-state index is 11.1. The molecule has 100 valence electrons. The van der Waals surface area contributed by atoms with Crippen LogP contribution in [0.5, 0.6) is 0 Å². The summed E-state index contributed by atoms with van der Waals surface area (Å²) in [6.45, 7) is 5.97. The molecule has 1 aromatic heterocycles. The average molecular weight is 268 g/mol. The predicted octanol–water partition coefficient (Wildman–Crippen LogP) is 3.03. The molecule has 1 N–H and O–H groups in total. The van der Waals surface area contributed by atoms with Crippen molar-refractivity contribution in [2.24, 2.45) is 5.92 Å². The molecule has 0 saturated heterocycles. The molecule has 0 amide bonds. The van der Waals surface area contributed by atoms with Gasteiger partial charge in [-0.3, -0.25) is 0 Å². The fraction of sp³-hybridized carbons (Fsp3) is 0.692. The minimum absolute atomic E-state index is 0.402. The monoisotopic (exact) mass is 268 g/mol. The Labute approximate surface area is 112 Å². The molecule has 1 aliphatic carbocycles. The number of aromatic carboxylic acids is 1. The van der Waals surface area contributed by atoms with E-state index in [9.17, 15) is 4.79 Å². The molecule has 4 nitrogen and oxygen atoms in total. The van der Waals surface area contributed by atoms with E-state index in [1.165, 1.54) is 30.6 Å². The smallest absolute Gasteiger partial charge is 0.347 e. The van der Waals surface area contributed by atoms with Crippen LogP contribution in [0.1, 0.15) is 48.5 Å². The summed E-state index contributed by atoms with van der Waals surface area (Å²) in [6, 6.07) is 0. The van der Waals surface area contributed by atoms with Gasteiger partial charge in [-0.25, -0.2) is 9.78 Å². The van der Waals surface area contributed by atoms with Gasteiger partial charge in [0.05, 0.1) is 5.69 Å². The fourth-order valence-electron chi connectivity index (χ4n) is 2.21. The van der Waals surface area contributed by atoms with Gasteiger partial charge in [0, 0.05) is 13.1 Å². The summed E-state index contributed by atoms with van der Waals surface area (Å²) >= 11 is 1.32. The zero-order valence-electron chi connectivity index (χ0n) is 11.0. The van der Waals surface area contributed by atoms with Crippen LogP contribution in [0, 0.1) is 5.92 Å². The van der Waals surface area contributed by atoms with Crippen LogP contribution in [0.4, 0.5) is 5.13 Å². The number of rotatable bonds is 6. The van der Waals surface area contributed by atoms with Gasteiger partial charge in [0.15, 0.2) is 5.13 Å². The zero-order chi connectivity index (χ0) is 13.1. The SMILES string of the molecule is CCc1nc(N(CC)CC2CCC2)sc1C(=O)O. The first-order chi connectivity index (χ1) is 8.65. The van der Waals surface area contributed by atoms with E-state index >= 15 is 0 Å². The molecule has 0 spiro atoms. The lowest BCUT2D eigenvalue weighted by atomic mass is 9.85. The van der Waals surface area contributed by atoms with Crippen molar-refractivity contribution in [2.75, 3.05) is 18.0 Å². The highest BCUT2D eigenvalue weighted by Gasteiger charge is 2.23. The van der Waals surface area contributed by atoms with Crippen LogP contribution in [-0.4, -0.2) is 29.1 Å². The Morgan fingerprint density at radius 1 is 1.50 bits per heavy atom. The third-order valence-corrected chi connectivity index (χ3v) is 4.72. The molecule has 0 radical (unpaired) electrons. The molecule has 1 saturated carbocycles. The number of aryl methyl sites for hydroxylation is 1. The molecule has 0 aromatic carbocycles. The summed E-state index contributed by atoms with van der Waals surface area (Å²) in [7, 11) is 0. The van der Waals surface area contributed by atoms with Crippen LogP contribution in [-0.2, 0) is 6.42 Å². The quantitative estimate of drug-likeness (QED) is 0.861. The second-order valence-electron chi connectivity index (χ2n) is 4.77. The minimum Gasteiger partial charge on any atom is -0.477 e. The van der Waals surface area contributed by atoms with Crippen LogP contribution >= 0.6 is 11.3 Å². The van der Waals surface area contributed by atoms with E-state index in [1.54, 1.807) is 0 Å². The largest absolute Gasteiger partial charge is 0.477 e. The number of aromatic nitrogens is 1. The molecular formula is C13H20N2O2S. The molecular weight excluding hydrogens is 248 g/mol. The van der Waals surface area contributed by atoms with E-state index < -0.39 is 5.97 Å². The molecule has 1 aromatic rings. The first-order valence-corrected chi connectivity index (χ1v) is 7.45. The van der Waals surface area contributed by atoms with Crippen LogP contribution in [0.25, 0.3) is 0 Å². The Kier molecular flexibility index (Phi) is 4.22. The standard InChI is InChI=1S/C13H20N2O2S/c1-3-10-11(12(16)17)18-13(14-10)15(4-2)8-9-6-5-7-9/h9H,3-8H2,1-2H3,(H,16,17). The van der Waals surface area contributed by atoms with Crippen LogP contribution in [0.15, 0.2) is 0 Å². The normalized spacial score (nSPS) is 15.4. The first-order valence-electron chi connectivity index (χ1n) is 6.63. The Bertz CT molecular complexity index is 427. The number of hydrogen-bond donors (Lipinski definition) is 1. The molecule has 0 aliphatic heterocycles. The number of carboxylic acid groups (broad SMARTS) is 1. The van der Waals surface area contributed by atoms with E-state index in [-0.39, 0.29) is 0 Å². The maximum absolute atomic E-state index is 11.1. The molecule has 1 fully saturated rings. The average Bonchev–Trinajstić information content (AvgIpc) is 2.72. The number of carbonyl (C=O) groups is 1. The van der Waals surface area contributed by atoms with Crippen molar-refractivity contribution in [1.82, 2.24) is 4.98 Å². The van der Waals surface area contributed by atoms with E-state index in [0.29, 0.717) is 11.3 Å². The van der Waals surface area contributed by atoms with Crippen molar-refractivity contribution < 1.29 is 9.90 Å². The van der Waals surface area contributed by atoms with Gasteiger partial charge in [0.25, 0.3) is 0 Å². The third-order valence-electron chi connectivity index (χ3n) is 3.57. The summed E-state index contributed by atoms with van der Waals surface area (Å²) in [4.78, 5) is 18.3.